The summed E-state index contributed by atoms with van der Waals surface area (Å²) in [5.41, 5.74) is -0.811. The van der Waals surface area contributed by atoms with E-state index in [1.54, 1.807) is 25.1 Å². The standard InChI is InChI=1S/C15H20Cl2N2O3/c1-15(21,10-19-5-7-22-8-6-19)9-18-14(20)13-11(16)3-2-4-12(13)17/h2-4,21H,5-10H2,1H3,(H,18,20). The van der Waals surface area contributed by atoms with Crippen LogP contribution in [-0.2, 0) is 4.74 Å². The fraction of sp³-hybridized carbons (Fsp3) is 0.533. The van der Waals surface area contributed by atoms with Crippen LogP contribution in [0.1, 0.15) is 17.3 Å². The van der Waals surface area contributed by atoms with Crippen molar-refractivity contribution in [3.8, 4) is 0 Å². The lowest BCUT2D eigenvalue weighted by Gasteiger charge is -2.33. The van der Waals surface area contributed by atoms with E-state index in [1.165, 1.54) is 0 Å². The van der Waals surface area contributed by atoms with E-state index in [0.29, 0.717) is 19.8 Å². The van der Waals surface area contributed by atoms with Crippen molar-refractivity contribution in [2.75, 3.05) is 39.4 Å². The zero-order valence-electron chi connectivity index (χ0n) is 12.4. The van der Waals surface area contributed by atoms with Crippen LogP contribution in [0.3, 0.4) is 0 Å². The molecule has 1 aromatic rings. The van der Waals surface area contributed by atoms with E-state index in [2.05, 4.69) is 10.2 Å². The fourth-order valence-corrected chi connectivity index (χ4v) is 2.94. The number of nitrogens with one attached hydrogen (secondary N) is 1. The van der Waals surface area contributed by atoms with E-state index in [-0.39, 0.29) is 22.2 Å². The number of amides is 1. The van der Waals surface area contributed by atoms with Gasteiger partial charge in [0.1, 0.15) is 0 Å². The van der Waals surface area contributed by atoms with Gasteiger partial charge in [0.05, 0.1) is 34.4 Å². The van der Waals surface area contributed by atoms with Crippen molar-refractivity contribution in [2.24, 2.45) is 0 Å². The molecular formula is C15H20Cl2N2O3. The SMILES string of the molecule is CC(O)(CNC(=O)c1c(Cl)cccc1Cl)CN1CCOCC1. The van der Waals surface area contributed by atoms with Gasteiger partial charge in [-0.2, -0.15) is 0 Å². The minimum Gasteiger partial charge on any atom is -0.387 e. The molecule has 1 fully saturated rings. The van der Waals surface area contributed by atoms with Crippen molar-refractivity contribution in [3.05, 3.63) is 33.8 Å². The number of aliphatic hydroxyl groups is 1. The monoisotopic (exact) mass is 346 g/mol. The highest BCUT2D eigenvalue weighted by Crippen LogP contribution is 2.24. The number of morpholine rings is 1. The van der Waals surface area contributed by atoms with Gasteiger partial charge in [-0.05, 0) is 19.1 Å². The number of β-amino-alcohol motifs (C(OH)–C–C–N with tert-alkyl or cyclic N) is 1. The number of halogens is 2. The second-order valence-electron chi connectivity index (χ2n) is 5.66. The first-order chi connectivity index (χ1) is 10.4. The molecule has 0 aliphatic carbocycles. The van der Waals surface area contributed by atoms with Crippen LogP contribution in [0.5, 0.6) is 0 Å². The van der Waals surface area contributed by atoms with E-state index < -0.39 is 11.5 Å². The highest BCUT2D eigenvalue weighted by Gasteiger charge is 2.26. The number of carbonyl (C=O) groups is 1. The normalized spacial score (nSPS) is 18.7. The summed E-state index contributed by atoms with van der Waals surface area (Å²) in [6.45, 7) is 5.16. The van der Waals surface area contributed by atoms with E-state index >= 15 is 0 Å². The van der Waals surface area contributed by atoms with Gasteiger partial charge in [0.25, 0.3) is 5.91 Å². The Balaban J connectivity index is 1.91. The molecular weight excluding hydrogens is 327 g/mol. The topological polar surface area (TPSA) is 61.8 Å². The van der Waals surface area contributed by atoms with Crippen LogP contribution in [0.15, 0.2) is 18.2 Å². The maximum absolute atomic E-state index is 12.2. The van der Waals surface area contributed by atoms with Crippen molar-refractivity contribution >= 4 is 29.1 Å². The molecule has 0 aromatic heterocycles. The molecule has 1 aliphatic rings. The first-order valence-corrected chi connectivity index (χ1v) is 7.89. The molecule has 0 bridgehead atoms. The number of carbonyl (C=O) groups excluding carboxylic acids is 1. The number of nitrogens with zero attached hydrogens (tertiary/aromatic N) is 1. The smallest absolute Gasteiger partial charge is 0.254 e. The van der Waals surface area contributed by atoms with Crippen molar-refractivity contribution in [1.29, 1.82) is 0 Å². The minimum atomic E-state index is -1.04. The third-order valence-corrected chi connectivity index (χ3v) is 4.12. The second kappa shape index (κ2) is 7.62. The summed E-state index contributed by atoms with van der Waals surface area (Å²) in [6.07, 6.45) is 0. The zero-order valence-corrected chi connectivity index (χ0v) is 14.0. The first kappa shape index (κ1) is 17.5. The molecule has 7 heteroatoms. The van der Waals surface area contributed by atoms with Gasteiger partial charge in [0.15, 0.2) is 0 Å². The third kappa shape index (κ3) is 4.83. The predicted octanol–water partition coefficient (Wildman–Crippen LogP) is 1.81. The molecule has 0 saturated carbocycles. The molecule has 1 atom stereocenters. The average molecular weight is 347 g/mol. The van der Waals surface area contributed by atoms with Crippen LogP contribution in [0.25, 0.3) is 0 Å². The van der Waals surface area contributed by atoms with Crippen LogP contribution in [0.2, 0.25) is 10.0 Å². The summed E-state index contributed by atoms with van der Waals surface area (Å²) in [4.78, 5) is 14.3. The lowest BCUT2D eigenvalue weighted by Crippen LogP contribution is -2.51. The van der Waals surface area contributed by atoms with Crippen LogP contribution >= 0.6 is 23.2 Å². The second-order valence-corrected chi connectivity index (χ2v) is 6.48. The minimum absolute atomic E-state index is 0.116. The number of rotatable bonds is 5. The Bertz CT molecular complexity index is 511. The molecule has 2 rings (SSSR count). The van der Waals surface area contributed by atoms with Gasteiger partial charge in [0.2, 0.25) is 0 Å². The summed E-state index contributed by atoms with van der Waals surface area (Å²) in [5, 5.41) is 13.7. The predicted molar refractivity (Wildman–Crippen MR) is 86.7 cm³/mol. The highest BCUT2D eigenvalue weighted by atomic mass is 35.5. The summed E-state index contributed by atoms with van der Waals surface area (Å²) in [7, 11) is 0. The maximum Gasteiger partial charge on any atom is 0.254 e. The van der Waals surface area contributed by atoms with E-state index in [9.17, 15) is 9.90 Å². The van der Waals surface area contributed by atoms with Gasteiger partial charge in [-0.25, -0.2) is 0 Å². The van der Waals surface area contributed by atoms with E-state index in [0.717, 1.165) is 13.1 Å². The van der Waals surface area contributed by atoms with E-state index in [1.807, 2.05) is 0 Å². The van der Waals surface area contributed by atoms with Crippen molar-refractivity contribution in [2.45, 2.75) is 12.5 Å². The Morgan fingerprint density at radius 3 is 2.55 bits per heavy atom. The van der Waals surface area contributed by atoms with Crippen molar-refractivity contribution in [1.82, 2.24) is 10.2 Å². The fourth-order valence-electron chi connectivity index (χ4n) is 2.37. The number of ether oxygens (including phenoxy) is 1. The molecule has 5 nitrogen and oxygen atoms in total. The van der Waals surface area contributed by atoms with Gasteiger partial charge in [-0.15, -0.1) is 0 Å². The molecule has 1 heterocycles. The summed E-state index contributed by atoms with van der Waals surface area (Å²) < 4.78 is 5.27. The van der Waals surface area contributed by atoms with E-state index in [4.69, 9.17) is 27.9 Å². The summed E-state index contributed by atoms with van der Waals surface area (Å²) in [6, 6.07) is 4.89. The number of hydrogen-bond acceptors (Lipinski definition) is 4. The van der Waals surface area contributed by atoms with Crippen LogP contribution in [0, 0.1) is 0 Å². The first-order valence-electron chi connectivity index (χ1n) is 7.14. The third-order valence-electron chi connectivity index (χ3n) is 3.49. The van der Waals surface area contributed by atoms with Crippen molar-refractivity contribution < 1.29 is 14.6 Å². The summed E-state index contributed by atoms with van der Waals surface area (Å²) >= 11 is 12.0. The quantitative estimate of drug-likeness (QED) is 0.853. The van der Waals surface area contributed by atoms with Gasteiger partial charge >= 0.3 is 0 Å². The Morgan fingerprint density at radius 1 is 1.36 bits per heavy atom. The van der Waals surface area contributed by atoms with Gasteiger partial charge < -0.3 is 15.2 Å². The average Bonchev–Trinajstić information content (AvgIpc) is 2.46. The van der Waals surface area contributed by atoms with Gasteiger partial charge in [0, 0.05) is 26.2 Å². The van der Waals surface area contributed by atoms with Gasteiger partial charge in [-0.1, -0.05) is 29.3 Å². The number of hydrogen-bond donors (Lipinski definition) is 2. The Hall–Kier alpha value is -0.850. The van der Waals surface area contributed by atoms with Crippen LogP contribution in [0.4, 0.5) is 0 Å². The van der Waals surface area contributed by atoms with Gasteiger partial charge in [-0.3, -0.25) is 9.69 Å². The molecule has 1 saturated heterocycles. The number of benzene rings is 1. The van der Waals surface area contributed by atoms with Crippen LogP contribution < -0.4 is 5.32 Å². The van der Waals surface area contributed by atoms with Crippen molar-refractivity contribution in [3.63, 3.8) is 0 Å². The molecule has 0 spiro atoms. The Labute approximate surface area is 140 Å². The molecule has 1 aromatic carbocycles. The highest BCUT2D eigenvalue weighted by molar-refractivity contribution is 6.39. The maximum atomic E-state index is 12.2. The Morgan fingerprint density at radius 2 is 1.95 bits per heavy atom. The molecule has 122 valence electrons. The van der Waals surface area contributed by atoms with Crippen LogP contribution in [-0.4, -0.2) is 60.9 Å². The molecule has 0 radical (unpaired) electrons. The molecule has 1 aliphatic heterocycles. The molecule has 2 N–H and O–H groups in total. The lowest BCUT2D eigenvalue weighted by molar-refractivity contribution is -0.0213. The molecule has 1 amide bonds. The summed E-state index contributed by atoms with van der Waals surface area (Å²) in [5.74, 6) is -0.391. The largest absolute Gasteiger partial charge is 0.387 e. The molecule has 1 unspecified atom stereocenters. The molecule has 22 heavy (non-hydrogen) atoms. The Kier molecular flexibility index (Phi) is 6.06. The zero-order chi connectivity index (χ0) is 16.2. The lowest BCUT2D eigenvalue weighted by atomic mass is 10.1.